The van der Waals surface area contributed by atoms with Crippen LogP contribution >= 0.6 is 11.6 Å². The van der Waals surface area contributed by atoms with Crippen LogP contribution in [-0.4, -0.2) is 13.5 Å². The Balaban J connectivity index is 3.10. The summed E-state index contributed by atoms with van der Waals surface area (Å²) in [5.74, 6) is 0.590. The first-order chi connectivity index (χ1) is 6.41. The quantitative estimate of drug-likeness (QED) is 0.575. The van der Waals surface area contributed by atoms with Crippen molar-refractivity contribution in [1.29, 1.82) is 0 Å². The van der Waals surface area contributed by atoms with Crippen LogP contribution in [0.1, 0.15) is 0 Å². The van der Waals surface area contributed by atoms with Crippen molar-refractivity contribution in [1.82, 2.24) is 0 Å². The number of para-hydroxylation sites is 1. The van der Waals surface area contributed by atoms with E-state index in [1.165, 1.54) is 0 Å². The smallest absolute Gasteiger partial charge is 0.409 e. The number of rotatable bonds is 2. The molecule has 0 radical (unpaired) electrons. The lowest BCUT2D eigenvalue weighted by Gasteiger charge is -2.19. The summed E-state index contributed by atoms with van der Waals surface area (Å²) in [6, 6.07) is 7.53. The van der Waals surface area contributed by atoms with Gasteiger partial charge in [0, 0.05) is 11.6 Å². The summed E-state index contributed by atoms with van der Waals surface area (Å²) in [7, 11) is -1.48. The van der Waals surface area contributed by atoms with E-state index in [1.807, 2.05) is 18.2 Å². The van der Waals surface area contributed by atoms with Gasteiger partial charge in [0.25, 0.3) is 0 Å². The second-order valence-corrected chi connectivity index (χ2v) is 9.43. The molecule has 0 N–H and O–H groups in total. The second-order valence-electron chi connectivity index (χ2n) is 4.09. The van der Waals surface area contributed by atoms with Crippen LogP contribution in [0.15, 0.2) is 24.3 Å². The largest absolute Gasteiger partial charge is 0.415 e. The molecular weight excluding hydrogens is 216 g/mol. The summed E-state index contributed by atoms with van der Waals surface area (Å²) in [5, 5.41) is 1.11. The minimum Gasteiger partial charge on any atom is -0.415 e. The van der Waals surface area contributed by atoms with Crippen molar-refractivity contribution in [3.8, 4) is 5.75 Å². The molecule has 1 aromatic rings. The third kappa shape index (κ3) is 2.85. The van der Waals surface area contributed by atoms with Crippen LogP contribution in [0.4, 0.5) is 4.79 Å². The van der Waals surface area contributed by atoms with E-state index in [4.69, 9.17) is 16.3 Å². The summed E-state index contributed by atoms with van der Waals surface area (Å²) in [6.45, 7) is 6.57. The molecular formula is C10H13ClO2Si. The molecule has 1 aromatic carbocycles. The predicted molar refractivity (Wildman–Crippen MR) is 61.3 cm³/mol. The minimum atomic E-state index is -1.48. The van der Waals surface area contributed by atoms with E-state index < -0.39 is 13.5 Å². The molecule has 0 saturated heterocycles. The zero-order valence-corrected chi connectivity index (χ0v) is 10.3. The molecule has 4 heteroatoms. The van der Waals surface area contributed by atoms with Gasteiger partial charge in [0.1, 0.15) is 5.75 Å². The zero-order valence-electron chi connectivity index (χ0n) is 8.50. The molecule has 0 bridgehead atoms. The van der Waals surface area contributed by atoms with E-state index in [-0.39, 0.29) is 0 Å². The molecule has 0 aliphatic heterocycles. The number of carbonyl (C=O) groups excluding carboxylic acids is 1. The first-order valence-corrected chi connectivity index (χ1v) is 8.26. The van der Waals surface area contributed by atoms with E-state index in [2.05, 4.69) is 19.6 Å². The van der Waals surface area contributed by atoms with Gasteiger partial charge < -0.3 is 4.74 Å². The van der Waals surface area contributed by atoms with Crippen LogP contribution in [-0.2, 0) is 0 Å². The van der Waals surface area contributed by atoms with Crippen molar-refractivity contribution in [2.75, 3.05) is 0 Å². The van der Waals surface area contributed by atoms with Gasteiger partial charge in [0.2, 0.25) is 0 Å². The van der Waals surface area contributed by atoms with Gasteiger partial charge in [-0.2, -0.15) is 0 Å². The topological polar surface area (TPSA) is 26.3 Å². The summed E-state index contributed by atoms with van der Waals surface area (Å²) in [4.78, 5) is 10.7. The van der Waals surface area contributed by atoms with E-state index in [9.17, 15) is 4.79 Å². The lowest BCUT2D eigenvalue weighted by molar-refractivity contribution is 0.226. The van der Waals surface area contributed by atoms with Gasteiger partial charge in [-0.3, -0.25) is 0 Å². The number of carbonyl (C=O) groups is 1. The molecule has 0 aliphatic carbocycles. The van der Waals surface area contributed by atoms with Gasteiger partial charge in [-0.25, -0.2) is 4.79 Å². The van der Waals surface area contributed by atoms with Gasteiger partial charge in [-0.1, -0.05) is 37.8 Å². The highest BCUT2D eigenvalue weighted by atomic mass is 35.5. The fourth-order valence-electron chi connectivity index (χ4n) is 1.26. The SMILES string of the molecule is C[Si](C)(C)c1ccccc1OC(=O)Cl. The van der Waals surface area contributed by atoms with Gasteiger partial charge in [0.15, 0.2) is 0 Å². The summed E-state index contributed by atoms with van der Waals surface area (Å²) in [6.07, 6.45) is 0. The van der Waals surface area contributed by atoms with Crippen LogP contribution in [0.5, 0.6) is 5.75 Å². The van der Waals surface area contributed by atoms with Crippen LogP contribution < -0.4 is 9.92 Å². The third-order valence-electron chi connectivity index (χ3n) is 1.89. The molecule has 0 unspecified atom stereocenters. The van der Waals surface area contributed by atoms with Crippen LogP contribution in [0.3, 0.4) is 0 Å². The molecule has 0 atom stereocenters. The number of hydrogen-bond donors (Lipinski definition) is 0. The van der Waals surface area contributed by atoms with Gasteiger partial charge in [0.05, 0.1) is 8.07 Å². The molecule has 0 aliphatic rings. The number of ether oxygens (including phenoxy) is 1. The Kier molecular flexibility index (Phi) is 3.34. The average molecular weight is 229 g/mol. The van der Waals surface area contributed by atoms with Crippen molar-refractivity contribution >= 4 is 30.3 Å². The Morgan fingerprint density at radius 3 is 2.36 bits per heavy atom. The molecule has 76 valence electrons. The van der Waals surface area contributed by atoms with Crippen molar-refractivity contribution in [2.45, 2.75) is 19.6 Å². The second kappa shape index (κ2) is 4.15. The first kappa shape index (κ1) is 11.3. The minimum absolute atomic E-state index is 0.590. The fourth-order valence-corrected chi connectivity index (χ4v) is 2.81. The van der Waals surface area contributed by atoms with Gasteiger partial charge in [-0.15, -0.1) is 0 Å². The van der Waals surface area contributed by atoms with E-state index in [0.29, 0.717) is 5.75 Å². The Bertz CT molecular complexity index is 344. The van der Waals surface area contributed by atoms with Crippen molar-refractivity contribution < 1.29 is 9.53 Å². The molecule has 14 heavy (non-hydrogen) atoms. The van der Waals surface area contributed by atoms with E-state index >= 15 is 0 Å². The van der Waals surface area contributed by atoms with Crippen LogP contribution in [0, 0.1) is 0 Å². The first-order valence-electron chi connectivity index (χ1n) is 4.38. The summed E-state index contributed by atoms with van der Waals surface area (Å²) >= 11 is 5.19. The van der Waals surface area contributed by atoms with Gasteiger partial charge >= 0.3 is 5.43 Å². The van der Waals surface area contributed by atoms with Crippen LogP contribution in [0.2, 0.25) is 19.6 Å². The summed E-state index contributed by atoms with van der Waals surface area (Å²) in [5.41, 5.74) is -0.782. The highest BCUT2D eigenvalue weighted by Crippen LogP contribution is 2.14. The molecule has 0 heterocycles. The van der Waals surface area contributed by atoms with Crippen molar-refractivity contribution in [2.24, 2.45) is 0 Å². The lowest BCUT2D eigenvalue weighted by atomic mass is 10.3. The standard InChI is InChI=1S/C10H13ClO2Si/c1-14(2,3)9-7-5-4-6-8(9)13-10(11)12/h4-7H,1-3H3. The normalized spacial score (nSPS) is 11.1. The number of hydrogen-bond acceptors (Lipinski definition) is 2. The zero-order chi connectivity index (χ0) is 10.8. The maximum Gasteiger partial charge on any atom is 0.409 e. The molecule has 0 spiro atoms. The average Bonchev–Trinajstić information content (AvgIpc) is 2.01. The van der Waals surface area contributed by atoms with E-state index in [1.54, 1.807) is 6.07 Å². The molecule has 0 saturated carbocycles. The Morgan fingerprint density at radius 2 is 1.86 bits per heavy atom. The lowest BCUT2D eigenvalue weighted by Crippen LogP contribution is -2.38. The number of benzene rings is 1. The third-order valence-corrected chi connectivity index (χ3v) is 3.99. The predicted octanol–water partition coefficient (Wildman–Crippen LogP) is 2.97. The molecule has 0 amide bonds. The highest BCUT2D eigenvalue weighted by molar-refractivity contribution is 6.89. The molecule has 2 nitrogen and oxygen atoms in total. The maximum absolute atomic E-state index is 10.7. The molecule has 1 rings (SSSR count). The maximum atomic E-state index is 10.7. The van der Waals surface area contributed by atoms with Crippen molar-refractivity contribution in [3.63, 3.8) is 0 Å². The Labute approximate surface area is 89.9 Å². The van der Waals surface area contributed by atoms with Crippen molar-refractivity contribution in [3.05, 3.63) is 24.3 Å². The molecule has 0 aromatic heterocycles. The molecule has 0 fully saturated rings. The van der Waals surface area contributed by atoms with Crippen LogP contribution in [0.25, 0.3) is 0 Å². The Morgan fingerprint density at radius 1 is 1.29 bits per heavy atom. The summed E-state index contributed by atoms with van der Waals surface area (Å²) < 4.78 is 4.93. The monoisotopic (exact) mass is 228 g/mol. The van der Waals surface area contributed by atoms with Gasteiger partial charge in [-0.05, 0) is 11.3 Å². The van der Waals surface area contributed by atoms with E-state index in [0.717, 1.165) is 5.19 Å². The highest BCUT2D eigenvalue weighted by Gasteiger charge is 2.21. The Hall–Kier alpha value is -0.803. The fraction of sp³-hybridized carbons (Fsp3) is 0.300. The number of halogens is 1.